The maximum atomic E-state index is 12.7. The van der Waals surface area contributed by atoms with Gasteiger partial charge in [-0.2, -0.15) is 0 Å². The first-order valence-corrected chi connectivity index (χ1v) is 10.0. The first-order valence-electron chi connectivity index (χ1n) is 8.88. The van der Waals surface area contributed by atoms with E-state index in [1.807, 2.05) is 0 Å². The summed E-state index contributed by atoms with van der Waals surface area (Å²) < 4.78 is 10.3. The molecule has 0 bridgehead atoms. The summed E-state index contributed by atoms with van der Waals surface area (Å²) in [6, 6.07) is 0. The number of carboxylic acids is 1. The van der Waals surface area contributed by atoms with Crippen LogP contribution in [0.25, 0.3) is 0 Å². The van der Waals surface area contributed by atoms with Crippen LogP contribution in [-0.4, -0.2) is 58.5 Å². The minimum atomic E-state index is -1.58. The Balaban J connectivity index is 3.26. The summed E-state index contributed by atoms with van der Waals surface area (Å²) in [7, 11) is 0. The summed E-state index contributed by atoms with van der Waals surface area (Å²) in [6.45, 7) is 5.80. The molecule has 1 N–H and O–H groups in total. The van der Waals surface area contributed by atoms with E-state index in [4.69, 9.17) is 9.47 Å². The molecule has 0 amide bonds. The Hall–Kier alpha value is -1.57. The molecule has 1 fully saturated rings. The van der Waals surface area contributed by atoms with Crippen LogP contribution in [0.3, 0.4) is 0 Å². The van der Waals surface area contributed by atoms with Crippen LogP contribution >= 0.6 is 15.9 Å². The number of rotatable bonds is 10. The van der Waals surface area contributed by atoms with Crippen molar-refractivity contribution in [3.63, 3.8) is 0 Å². The number of ether oxygens (including phenoxy) is 2. The molecule has 1 heterocycles. The van der Waals surface area contributed by atoms with Crippen molar-refractivity contribution >= 4 is 33.8 Å². The maximum Gasteiger partial charge on any atom is 0.329 e. The van der Waals surface area contributed by atoms with Crippen LogP contribution in [0.15, 0.2) is 12.3 Å². The van der Waals surface area contributed by atoms with Gasteiger partial charge >= 0.3 is 17.9 Å². The molecule has 8 heteroatoms. The average molecular weight is 434 g/mol. The van der Waals surface area contributed by atoms with E-state index in [1.54, 1.807) is 31.9 Å². The van der Waals surface area contributed by atoms with Crippen molar-refractivity contribution in [2.45, 2.75) is 52.0 Å². The number of carbonyl (C=O) groups is 3. The highest BCUT2D eigenvalue weighted by Gasteiger charge is 2.48. The zero-order valence-corrected chi connectivity index (χ0v) is 17.2. The highest BCUT2D eigenvalue weighted by molar-refractivity contribution is 9.09. The fraction of sp³-hybridized carbons (Fsp3) is 0.722. The van der Waals surface area contributed by atoms with Gasteiger partial charge in [0.05, 0.1) is 13.2 Å². The second kappa shape index (κ2) is 9.94. The van der Waals surface area contributed by atoms with Gasteiger partial charge in [0.1, 0.15) is 5.54 Å². The lowest BCUT2D eigenvalue weighted by Gasteiger charge is -2.32. The molecule has 7 nitrogen and oxygen atoms in total. The fourth-order valence-corrected chi connectivity index (χ4v) is 3.32. The Morgan fingerprint density at radius 1 is 1.23 bits per heavy atom. The predicted molar refractivity (Wildman–Crippen MR) is 99.8 cm³/mol. The number of aliphatic carboxylic acids is 1. The molecule has 0 aromatic heterocycles. The van der Waals surface area contributed by atoms with E-state index in [-0.39, 0.29) is 19.6 Å². The van der Waals surface area contributed by atoms with Crippen molar-refractivity contribution < 1.29 is 29.0 Å². The fourth-order valence-electron chi connectivity index (χ4n) is 3.04. The van der Waals surface area contributed by atoms with Crippen LogP contribution in [0.5, 0.6) is 0 Å². The lowest BCUT2D eigenvalue weighted by Crippen LogP contribution is -2.46. The van der Waals surface area contributed by atoms with Crippen molar-refractivity contribution in [1.29, 1.82) is 0 Å². The highest BCUT2D eigenvalue weighted by Crippen LogP contribution is 2.34. The Labute approximate surface area is 162 Å². The molecule has 0 aromatic carbocycles. The molecule has 1 aliphatic rings. The van der Waals surface area contributed by atoms with Crippen LogP contribution in [0.2, 0.25) is 0 Å². The number of likely N-dealkylation sites (tertiary alicyclic amines) is 1. The van der Waals surface area contributed by atoms with E-state index in [1.165, 1.54) is 6.08 Å². The smallest absolute Gasteiger partial charge is 0.329 e. The van der Waals surface area contributed by atoms with Gasteiger partial charge in [-0.25, -0.2) is 4.79 Å². The summed E-state index contributed by atoms with van der Waals surface area (Å²) in [5.74, 6) is -2.28. The van der Waals surface area contributed by atoms with Crippen LogP contribution in [0.1, 0.15) is 46.5 Å². The third-order valence-corrected chi connectivity index (χ3v) is 5.24. The number of nitrogens with zero attached hydrogens (tertiary/aromatic N) is 1. The number of carbonyl (C=O) groups excluding carboxylic acids is 2. The molecule has 0 radical (unpaired) electrons. The molecule has 0 spiro atoms. The van der Waals surface area contributed by atoms with Gasteiger partial charge in [0.2, 0.25) is 0 Å². The third-order valence-electron chi connectivity index (χ3n) is 4.68. The zero-order valence-electron chi connectivity index (χ0n) is 15.6. The van der Waals surface area contributed by atoms with Gasteiger partial charge in [-0.1, -0.05) is 15.9 Å². The van der Waals surface area contributed by atoms with Crippen molar-refractivity contribution in [3.05, 3.63) is 12.3 Å². The van der Waals surface area contributed by atoms with Gasteiger partial charge < -0.3 is 19.5 Å². The highest BCUT2D eigenvalue weighted by atomic mass is 79.9. The first-order chi connectivity index (χ1) is 12.3. The van der Waals surface area contributed by atoms with Crippen molar-refractivity contribution in [1.82, 2.24) is 4.90 Å². The number of alkyl halides is 1. The maximum absolute atomic E-state index is 12.7. The minimum Gasteiger partial charge on any atom is -0.480 e. The van der Waals surface area contributed by atoms with Gasteiger partial charge in [0.15, 0.2) is 5.41 Å². The summed E-state index contributed by atoms with van der Waals surface area (Å²) >= 11 is 3.32. The number of hydrogen-bond acceptors (Lipinski definition) is 6. The molecule has 0 saturated carbocycles. The molecular weight excluding hydrogens is 406 g/mol. The molecule has 148 valence electrons. The number of carboxylic acid groups (broad SMARTS) is 1. The molecule has 0 aromatic rings. The molecular formula is C18H28BrNO6. The second-order valence-electron chi connectivity index (χ2n) is 6.40. The van der Waals surface area contributed by atoms with Crippen LogP contribution < -0.4 is 0 Å². The van der Waals surface area contributed by atoms with Crippen molar-refractivity contribution in [2.24, 2.45) is 5.41 Å². The Morgan fingerprint density at radius 2 is 1.81 bits per heavy atom. The molecule has 26 heavy (non-hydrogen) atoms. The summed E-state index contributed by atoms with van der Waals surface area (Å²) in [6.07, 6.45) is 4.99. The van der Waals surface area contributed by atoms with Gasteiger partial charge in [-0.05, 0) is 58.7 Å². The van der Waals surface area contributed by atoms with Crippen LogP contribution in [-0.2, 0) is 23.9 Å². The second-order valence-corrected chi connectivity index (χ2v) is 7.19. The van der Waals surface area contributed by atoms with Crippen molar-refractivity contribution in [3.8, 4) is 0 Å². The molecule has 1 atom stereocenters. The number of halogens is 1. The SMILES string of the molecule is CCOC(=O)C(/C=C/N1CCC[C@@]1(C)C(=O)O)(CCCBr)C(=O)OCC. The molecule has 1 aliphatic heterocycles. The average Bonchev–Trinajstić information content (AvgIpc) is 2.98. The van der Waals surface area contributed by atoms with Gasteiger partial charge in [-0.15, -0.1) is 0 Å². The summed E-state index contributed by atoms with van der Waals surface area (Å²) in [5.41, 5.74) is -2.64. The molecule has 1 rings (SSSR count). The Bertz CT molecular complexity index is 532. The normalized spacial score (nSPS) is 20.4. The topological polar surface area (TPSA) is 93.1 Å². The summed E-state index contributed by atoms with van der Waals surface area (Å²) in [5, 5.41) is 10.1. The zero-order chi connectivity index (χ0) is 19.8. The molecule has 0 aliphatic carbocycles. The van der Waals surface area contributed by atoms with E-state index in [9.17, 15) is 19.5 Å². The third kappa shape index (κ3) is 4.78. The monoisotopic (exact) mass is 433 g/mol. The predicted octanol–water partition coefficient (Wildman–Crippen LogP) is 2.73. The van der Waals surface area contributed by atoms with E-state index in [2.05, 4.69) is 15.9 Å². The van der Waals surface area contributed by atoms with Gasteiger partial charge in [0, 0.05) is 11.9 Å². The van der Waals surface area contributed by atoms with Gasteiger partial charge in [0.25, 0.3) is 0 Å². The van der Waals surface area contributed by atoms with Gasteiger partial charge in [-0.3, -0.25) is 9.59 Å². The standard InChI is InChI=1S/C18H28BrNO6/c1-4-25-15(23)18(9-6-11-19,16(24)26-5-2)10-13-20-12-7-8-17(20,3)14(21)22/h10,13H,4-9,11-12H2,1-3H3,(H,21,22)/b13-10+/t17-/m0/s1. The molecule has 0 unspecified atom stereocenters. The number of hydrogen-bond donors (Lipinski definition) is 1. The lowest BCUT2D eigenvalue weighted by molar-refractivity contribution is -0.168. The van der Waals surface area contributed by atoms with E-state index in [0.29, 0.717) is 24.7 Å². The van der Waals surface area contributed by atoms with E-state index < -0.39 is 28.9 Å². The van der Waals surface area contributed by atoms with Crippen LogP contribution in [0, 0.1) is 5.41 Å². The Morgan fingerprint density at radius 3 is 2.27 bits per heavy atom. The Kier molecular flexibility index (Phi) is 8.59. The van der Waals surface area contributed by atoms with E-state index in [0.717, 1.165) is 6.42 Å². The largest absolute Gasteiger partial charge is 0.480 e. The summed E-state index contributed by atoms with van der Waals surface area (Å²) in [4.78, 5) is 38.6. The minimum absolute atomic E-state index is 0.138. The van der Waals surface area contributed by atoms with E-state index >= 15 is 0 Å². The molecule has 1 saturated heterocycles. The first kappa shape index (κ1) is 22.5. The van der Waals surface area contributed by atoms with Crippen molar-refractivity contribution in [2.75, 3.05) is 25.1 Å². The lowest BCUT2D eigenvalue weighted by atomic mass is 9.83. The quantitative estimate of drug-likeness (QED) is 0.321. The number of esters is 2. The van der Waals surface area contributed by atoms with Crippen LogP contribution in [0.4, 0.5) is 0 Å².